The average molecular weight is 377 g/mol. The van der Waals surface area contributed by atoms with Crippen molar-refractivity contribution in [3.8, 4) is 17.1 Å². The molecule has 0 amide bonds. The van der Waals surface area contributed by atoms with Gasteiger partial charge in [0, 0.05) is 12.4 Å². The molecule has 0 aliphatic heterocycles. The summed E-state index contributed by atoms with van der Waals surface area (Å²) in [5, 5.41) is 0. The van der Waals surface area contributed by atoms with E-state index in [2.05, 4.69) is 99.5 Å². The Kier molecular flexibility index (Phi) is 5.74. The molecule has 0 atom stereocenters. The van der Waals surface area contributed by atoms with E-state index in [4.69, 9.17) is 0 Å². The number of nitrogens with zero attached hydrogens (tertiary/aromatic N) is 3. The molecule has 0 fully saturated rings. The maximum absolute atomic E-state index is 4.48. The van der Waals surface area contributed by atoms with Crippen molar-refractivity contribution in [1.82, 2.24) is 9.55 Å². The lowest BCUT2D eigenvalue weighted by atomic mass is 9.79. The second-order valence-electron chi connectivity index (χ2n) is 8.59. The Balaban J connectivity index is 2.26. The van der Waals surface area contributed by atoms with E-state index in [0.29, 0.717) is 0 Å². The smallest absolute Gasteiger partial charge is 0.264 e. The van der Waals surface area contributed by atoms with Crippen molar-refractivity contribution in [2.24, 2.45) is 7.05 Å². The molecule has 1 aromatic carbocycles. The summed E-state index contributed by atoms with van der Waals surface area (Å²) >= 11 is 0. The van der Waals surface area contributed by atoms with E-state index in [1.165, 1.54) is 39.3 Å². The Morgan fingerprint density at radius 2 is 1.79 bits per heavy atom. The third-order valence-corrected chi connectivity index (χ3v) is 5.87. The van der Waals surface area contributed by atoms with Crippen LogP contribution in [0.5, 0.6) is 0 Å². The van der Waals surface area contributed by atoms with Gasteiger partial charge in [-0.3, -0.25) is 4.98 Å². The first-order chi connectivity index (χ1) is 13.3. The SMILES string of the molecule is CCCC(C)(C)c1cnccc1-c1n(-c2c(C)cc(CC)cc2C)cc[n+]1C. The molecule has 0 unspecified atom stereocenters. The van der Waals surface area contributed by atoms with E-state index in [9.17, 15) is 0 Å². The molecule has 0 saturated carbocycles. The summed E-state index contributed by atoms with van der Waals surface area (Å²) in [5.41, 5.74) is 7.97. The first-order valence-corrected chi connectivity index (χ1v) is 10.4. The summed E-state index contributed by atoms with van der Waals surface area (Å²) in [6.07, 6.45) is 11.7. The number of hydrogen-bond donors (Lipinski definition) is 0. The minimum absolute atomic E-state index is 0.0800. The first-order valence-electron chi connectivity index (χ1n) is 10.4. The fraction of sp³-hybridized carbons (Fsp3) is 0.440. The van der Waals surface area contributed by atoms with Crippen LogP contribution >= 0.6 is 0 Å². The lowest BCUT2D eigenvalue weighted by Gasteiger charge is -2.26. The molecular weight excluding hydrogens is 342 g/mol. The standard InChI is InChI=1S/C25H34N3/c1-8-11-25(5,6)22-17-26-12-10-21(22)24-27(7)13-14-28(24)23-18(3)15-20(9-2)16-19(23)4/h10,12-17H,8-9,11H2,1-7H3/q+1. The summed E-state index contributed by atoms with van der Waals surface area (Å²) in [6, 6.07) is 6.81. The average Bonchev–Trinajstić information content (AvgIpc) is 3.02. The van der Waals surface area contributed by atoms with Crippen LogP contribution in [0.15, 0.2) is 43.0 Å². The van der Waals surface area contributed by atoms with E-state index in [1.807, 2.05) is 6.20 Å². The zero-order valence-electron chi connectivity index (χ0n) is 18.5. The van der Waals surface area contributed by atoms with Gasteiger partial charge in [0.15, 0.2) is 0 Å². The lowest BCUT2D eigenvalue weighted by molar-refractivity contribution is -0.659. The van der Waals surface area contributed by atoms with Crippen LogP contribution in [0, 0.1) is 13.8 Å². The van der Waals surface area contributed by atoms with Gasteiger partial charge in [0.05, 0.1) is 12.6 Å². The zero-order chi connectivity index (χ0) is 20.5. The Morgan fingerprint density at radius 3 is 2.39 bits per heavy atom. The maximum atomic E-state index is 4.48. The minimum Gasteiger partial charge on any atom is -0.264 e. The van der Waals surface area contributed by atoms with E-state index >= 15 is 0 Å². The highest BCUT2D eigenvalue weighted by Gasteiger charge is 2.30. The second-order valence-corrected chi connectivity index (χ2v) is 8.59. The Morgan fingerprint density at radius 1 is 1.11 bits per heavy atom. The normalized spacial score (nSPS) is 11.8. The molecule has 0 radical (unpaired) electrons. The van der Waals surface area contributed by atoms with Crippen LogP contribution in [-0.4, -0.2) is 9.55 Å². The van der Waals surface area contributed by atoms with Crippen LogP contribution in [0.4, 0.5) is 0 Å². The molecule has 2 aromatic heterocycles. The van der Waals surface area contributed by atoms with Gasteiger partial charge in [-0.25, -0.2) is 4.57 Å². The molecule has 28 heavy (non-hydrogen) atoms. The predicted molar refractivity (Wildman–Crippen MR) is 117 cm³/mol. The van der Waals surface area contributed by atoms with Gasteiger partial charge in [0.2, 0.25) is 0 Å². The fourth-order valence-electron chi connectivity index (χ4n) is 4.50. The van der Waals surface area contributed by atoms with Crippen LogP contribution in [-0.2, 0) is 18.9 Å². The summed E-state index contributed by atoms with van der Waals surface area (Å²) in [5.74, 6) is 1.21. The minimum atomic E-state index is 0.0800. The van der Waals surface area contributed by atoms with Crippen molar-refractivity contribution in [3.05, 3.63) is 65.2 Å². The van der Waals surface area contributed by atoms with Gasteiger partial charge < -0.3 is 0 Å². The summed E-state index contributed by atoms with van der Waals surface area (Å²) in [4.78, 5) is 4.48. The number of hydrogen-bond acceptors (Lipinski definition) is 1. The van der Waals surface area contributed by atoms with E-state index < -0.39 is 0 Å². The van der Waals surface area contributed by atoms with Gasteiger partial charge in [-0.1, -0.05) is 46.2 Å². The van der Waals surface area contributed by atoms with E-state index in [0.717, 1.165) is 19.3 Å². The van der Waals surface area contributed by atoms with Gasteiger partial charge in [0.25, 0.3) is 5.82 Å². The summed E-state index contributed by atoms with van der Waals surface area (Å²) < 4.78 is 4.58. The van der Waals surface area contributed by atoms with E-state index in [-0.39, 0.29) is 5.41 Å². The fourth-order valence-corrected chi connectivity index (χ4v) is 4.50. The monoisotopic (exact) mass is 376 g/mol. The highest BCUT2D eigenvalue weighted by atomic mass is 15.1. The molecule has 0 aliphatic rings. The van der Waals surface area contributed by atoms with Gasteiger partial charge >= 0.3 is 0 Å². The molecule has 2 heterocycles. The largest absolute Gasteiger partial charge is 0.294 e. The van der Waals surface area contributed by atoms with Crippen LogP contribution in [0.25, 0.3) is 17.1 Å². The van der Waals surface area contributed by atoms with Gasteiger partial charge in [-0.2, -0.15) is 4.57 Å². The third-order valence-electron chi connectivity index (χ3n) is 5.87. The van der Waals surface area contributed by atoms with Crippen molar-refractivity contribution >= 4 is 0 Å². The van der Waals surface area contributed by atoms with Crippen molar-refractivity contribution in [2.75, 3.05) is 0 Å². The number of pyridine rings is 1. The van der Waals surface area contributed by atoms with Gasteiger partial charge in [0.1, 0.15) is 18.1 Å². The predicted octanol–water partition coefficient (Wildman–Crippen LogP) is 5.62. The van der Waals surface area contributed by atoms with Crippen molar-refractivity contribution in [2.45, 2.75) is 66.2 Å². The van der Waals surface area contributed by atoms with Gasteiger partial charge in [-0.05, 0) is 60.4 Å². The molecule has 0 saturated heterocycles. The topological polar surface area (TPSA) is 21.7 Å². The molecule has 0 spiro atoms. The Bertz CT molecular complexity index is 956. The molecule has 3 aromatic rings. The van der Waals surface area contributed by atoms with Crippen LogP contribution < -0.4 is 4.57 Å². The summed E-state index contributed by atoms with van der Waals surface area (Å²) in [6.45, 7) is 13.6. The molecule has 3 nitrogen and oxygen atoms in total. The highest BCUT2D eigenvalue weighted by Crippen LogP contribution is 2.36. The number of rotatable bonds is 6. The molecule has 0 bridgehead atoms. The van der Waals surface area contributed by atoms with Crippen molar-refractivity contribution in [1.29, 1.82) is 0 Å². The number of imidazole rings is 1. The summed E-state index contributed by atoms with van der Waals surface area (Å²) in [7, 11) is 2.13. The first kappa shape index (κ1) is 20.3. The van der Waals surface area contributed by atoms with E-state index in [1.54, 1.807) is 0 Å². The zero-order valence-corrected chi connectivity index (χ0v) is 18.5. The molecule has 3 heteroatoms. The molecule has 0 N–H and O–H groups in total. The van der Waals surface area contributed by atoms with Crippen LogP contribution in [0.1, 0.15) is 62.8 Å². The molecular formula is C25H34N3+. The number of benzene rings is 1. The number of aromatic nitrogens is 3. The second kappa shape index (κ2) is 7.90. The lowest BCUT2D eigenvalue weighted by Crippen LogP contribution is -2.31. The number of aryl methyl sites for hydroxylation is 4. The molecule has 3 rings (SSSR count). The Hall–Kier alpha value is -2.42. The van der Waals surface area contributed by atoms with Gasteiger partial charge in [-0.15, -0.1) is 0 Å². The van der Waals surface area contributed by atoms with Crippen LogP contribution in [0.3, 0.4) is 0 Å². The molecule has 148 valence electrons. The quantitative estimate of drug-likeness (QED) is 0.512. The third kappa shape index (κ3) is 3.63. The van der Waals surface area contributed by atoms with Crippen molar-refractivity contribution in [3.63, 3.8) is 0 Å². The maximum Gasteiger partial charge on any atom is 0.294 e. The molecule has 0 aliphatic carbocycles. The van der Waals surface area contributed by atoms with Crippen LogP contribution in [0.2, 0.25) is 0 Å². The Labute approximate surface area is 170 Å². The highest BCUT2D eigenvalue weighted by molar-refractivity contribution is 5.63. The van der Waals surface area contributed by atoms with Crippen molar-refractivity contribution < 1.29 is 4.57 Å².